The fourth-order valence-corrected chi connectivity index (χ4v) is 3.22. The molecule has 0 aliphatic carbocycles. The Morgan fingerprint density at radius 3 is 2.40 bits per heavy atom. The Hall–Kier alpha value is -1.59. The summed E-state index contributed by atoms with van der Waals surface area (Å²) in [6, 6.07) is 8.26. The van der Waals surface area contributed by atoms with Gasteiger partial charge in [0.05, 0.1) is 13.2 Å². The van der Waals surface area contributed by atoms with E-state index in [2.05, 4.69) is 28.1 Å². The molecule has 140 valence electrons. The van der Waals surface area contributed by atoms with Gasteiger partial charge in [-0.15, -0.1) is 0 Å². The lowest BCUT2D eigenvalue weighted by atomic mass is 9.95. The highest BCUT2D eigenvalue weighted by atomic mass is 16.5. The summed E-state index contributed by atoms with van der Waals surface area (Å²) in [5.41, 5.74) is 0.760. The number of hydrogen-bond donors (Lipinski definition) is 1. The van der Waals surface area contributed by atoms with E-state index >= 15 is 0 Å². The fraction of sp³-hybridized carbons (Fsp3) is 0.650. The number of ether oxygens (including phenoxy) is 1. The number of likely N-dealkylation sites (N-methyl/N-ethyl adjacent to an activating group) is 1. The van der Waals surface area contributed by atoms with Gasteiger partial charge < -0.3 is 15.0 Å². The molecule has 0 spiro atoms. The number of nitrogens with one attached hydrogen (secondary N) is 1. The van der Waals surface area contributed by atoms with Crippen molar-refractivity contribution in [3.05, 3.63) is 29.8 Å². The first kappa shape index (κ1) is 19.7. The SMILES string of the molecule is CCN1CCN(C(CNC(=O)C(C)(C)C)c2ccccc2OC)CC1. The van der Waals surface area contributed by atoms with E-state index in [0.717, 1.165) is 44.0 Å². The maximum Gasteiger partial charge on any atom is 0.225 e. The molecule has 1 atom stereocenters. The first-order chi connectivity index (χ1) is 11.9. The van der Waals surface area contributed by atoms with Gasteiger partial charge in [0.2, 0.25) is 5.91 Å². The van der Waals surface area contributed by atoms with Crippen molar-refractivity contribution in [2.24, 2.45) is 5.41 Å². The third-order valence-electron chi connectivity index (χ3n) is 4.93. The van der Waals surface area contributed by atoms with Gasteiger partial charge in [-0.25, -0.2) is 0 Å². The van der Waals surface area contributed by atoms with Gasteiger partial charge in [-0.05, 0) is 12.6 Å². The van der Waals surface area contributed by atoms with Crippen molar-refractivity contribution in [2.75, 3.05) is 46.4 Å². The van der Waals surface area contributed by atoms with Gasteiger partial charge in [0, 0.05) is 43.7 Å². The number of hydrogen-bond acceptors (Lipinski definition) is 4. The Labute approximate surface area is 152 Å². The van der Waals surface area contributed by atoms with E-state index in [-0.39, 0.29) is 17.4 Å². The second-order valence-corrected chi connectivity index (χ2v) is 7.69. The highest BCUT2D eigenvalue weighted by Crippen LogP contribution is 2.30. The van der Waals surface area contributed by atoms with Crippen molar-refractivity contribution in [1.29, 1.82) is 0 Å². The first-order valence-electron chi connectivity index (χ1n) is 9.24. The number of carbonyl (C=O) groups is 1. The third kappa shape index (κ3) is 5.19. The molecule has 1 N–H and O–H groups in total. The second kappa shape index (κ2) is 8.68. The van der Waals surface area contributed by atoms with Crippen LogP contribution in [0.3, 0.4) is 0 Å². The number of rotatable bonds is 6. The maximum absolute atomic E-state index is 12.4. The molecule has 1 aromatic carbocycles. The van der Waals surface area contributed by atoms with Crippen LogP contribution in [0.15, 0.2) is 24.3 Å². The molecule has 0 radical (unpaired) electrons. The van der Waals surface area contributed by atoms with Crippen LogP contribution in [-0.2, 0) is 4.79 Å². The van der Waals surface area contributed by atoms with Crippen LogP contribution in [0.1, 0.15) is 39.3 Å². The lowest BCUT2D eigenvalue weighted by Crippen LogP contribution is -2.50. The predicted molar refractivity (Wildman–Crippen MR) is 102 cm³/mol. The number of para-hydroxylation sites is 1. The number of amides is 1. The van der Waals surface area contributed by atoms with Crippen LogP contribution >= 0.6 is 0 Å². The molecule has 1 heterocycles. The van der Waals surface area contributed by atoms with Crippen molar-refractivity contribution in [3.63, 3.8) is 0 Å². The number of methoxy groups -OCH3 is 1. The summed E-state index contributed by atoms with van der Waals surface area (Å²) in [6.45, 7) is 13.9. The van der Waals surface area contributed by atoms with Crippen LogP contribution in [0.25, 0.3) is 0 Å². The minimum absolute atomic E-state index is 0.0830. The molecule has 25 heavy (non-hydrogen) atoms. The number of piperazine rings is 1. The molecule has 1 aliphatic heterocycles. The molecule has 1 aromatic rings. The van der Waals surface area contributed by atoms with E-state index in [1.54, 1.807) is 7.11 Å². The zero-order chi connectivity index (χ0) is 18.4. The second-order valence-electron chi connectivity index (χ2n) is 7.69. The normalized spacial score (nSPS) is 18.0. The summed E-state index contributed by atoms with van der Waals surface area (Å²) in [5.74, 6) is 0.968. The Morgan fingerprint density at radius 1 is 1.20 bits per heavy atom. The Bertz CT molecular complexity index is 560. The lowest BCUT2D eigenvalue weighted by molar-refractivity contribution is -0.128. The van der Waals surface area contributed by atoms with Gasteiger partial charge in [-0.1, -0.05) is 45.9 Å². The first-order valence-corrected chi connectivity index (χ1v) is 9.24. The zero-order valence-corrected chi connectivity index (χ0v) is 16.3. The summed E-state index contributed by atoms with van der Waals surface area (Å²) in [6.07, 6.45) is 0. The average Bonchev–Trinajstić information content (AvgIpc) is 2.61. The highest BCUT2D eigenvalue weighted by molar-refractivity contribution is 5.81. The highest BCUT2D eigenvalue weighted by Gasteiger charge is 2.28. The van der Waals surface area contributed by atoms with Crippen LogP contribution in [-0.4, -0.2) is 62.1 Å². The topological polar surface area (TPSA) is 44.8 Å². The van der Waals surface area contributed by atoms with E-state index in [4.69, 9.17) is 4.74 Å². The van der Waals surface area contributed by atoms with Gasteiger partial charge in [-0.2, -0.15) is 0 Å². The minimum Gasteiger partial charge on any atom is -0.496 e. The molecule has 0 saturated carbocycles. The zero-order valence-electron chi connectivity index (χ0n) is 16.3. The molecular weight excluding hydrogens is 314 g/mol. The molecule has 2 rings (SSSR count). The van der Waals surface area contributed by atoms with Gasteiger partial charge in [0.25, 0.3) is 0 Å². The van der Waals surface area contributed by atoms with Gasteiger partial charge in [0.15, 0.2) is 0 Å². The molecule has 5 heteroatoms. The Kier molecular flexibility index (Phi) is 6.85. The monoisotopic (exact) mass is 347 g/mol. The van der Waals surface area contributed by atoms with Crippen LogP contribution in [0.5, 0.6) is 5.75 Å². The third-order valence-corrected chi connectivity index (χ3v) is 4.93. The van der Waals surface area contributed by atoms with Crippen molar-refractivity contribution in [2.45, 2.75) is 33.7 Å². The van der Waals surface area contributed by atoms with E-state index < -0.39 is 0 Å². The average molecular weight is 348 g/mol. The summed E-state index contributed by atoms with van der Waals surface area (Å²) in [4.78, 5) is 17.3. The molecule has 1 aliphatic rings. The number of nitrogens with zero attached hydrogens (tertiary/aromatic N) is 2. The molecule has 0 bridgehead atoms. The summed E-state index contributed by atoms with van der Waals surface area (Å²) in [7, 11) is 1.71. The maximum atomic E-state index is 12.4. The standard InChI is InChI=1S/C20H33N3O2/c1-6-22-11-13-23(14-12-22)17(15-21-19(24)20(2,3)4)16-9-7-8-10-18(16)25-5/h7-10,17H,6,11-15H2,1-5H3,(H,21,24). The molecule has 0 aromatic heterocycles. The predicted octanol–water partition coefficient (Wildman–Crippen LogP) is 2.54. The number of benzene rings is 1. The Morgan fingerprint density at radius 2 is 1.84 bits per heavy atom. The molecule has 5 nitrogen and oxygen atoms in total. The van der Waals surface area contributed by atoms with Crippen LogP contribution in [0.4, 0.5) is 0 Å². The molecular formula is C20H33N3O2. The van der Waals surface area contributed by atoms with Gasteiger partial charge in [0.1, 0.15) is 5.75 Å². The van der Waals surface area contributed by atoms with E-state index in [1.807, 2.05) is 39.0 Å². The molecule has 1 fully saturated rings. The lowest BCUT2D eigenvalue weighted by Gasteiger charge is -2.39. The van der Waals surface area contributed by atoms with Crippen molar-refractivity contribution in [3.8, 4) is 5.75 Å². The minimum atomic E-state index is -0.383. The smallest absolute Gasteiger partial charge is 0.225 e. The summed E-state index contributed by atoms with van der Waals surface area (Å²) >= 11 is 0. The van der Waals surface area contributed by atoms with Gasteiger partial charge in [-0.3, -0.25) is 9.69 Å². The van der Waals surface area contributed by atoms with Crippen LogP contribution in [0, 0.1) is 5.41 Å². The largest absolute Gasteiger partial charge is 0.496 e. The Balaban J connectivity index is 2.18. The summed E-state index contributed by atoms with van der Waals surface area (Å²) in [5, 5.41) is 3.15. The van der Waals surface area contributed by atoms with Crippen LogP contribution in [0.2, 0.25) is 0 Å². The molecule has 1 saturated heterocycles. The molecule has 1 unspecified atom stereocenters. The molecule has 1 amide bonds. The van der Waals surface area contributed by atoms with E-state index in [1.165, 1.54) is 0 Å². The van der Waals surface area contributed by atoms with Crippen molar-refractivity contribution < 1.29 is 9.53 Å². The van der Waals surface area contributed by atoms with Gasteiger partial charge >= 0.3 is 0 Å². The number of carbonyl (C=O) groups excluding carboxylic acids is 1. The van der Waals surface area contributed by atoms with Crippen molar-refractivity contribution >= 4 is 5.91 Å². The van der Waals surface area contributed by atoms with E-state index in [9.17, 15) is 4.79 Å². The van der Waals surface area contributed by atoms with E-state index in [0.29, 0.717) is 6.54 Å². The fourth-order valence-electron chi connectivity index (χ4n) is 3.22. The van der Waals surface area contributed by atoms with Crippen molar-refractivity contribution in [1.82, 2.24) is 15.1 Å². The van der Waals surface area contributed by atoms with Crippen LogP contribution < -0.4 is 10.1 Å². The quantitative estimate of drug-likeness (QED) is 0.859. The summed E-state index contributed by atoms with van der Waals surface area (Å²) < 4.78 is 5.58.